The molecule has 1 aliphatic heterocycles. The fraction of sp³-hybridized carbons (Fsp3) is 0.263. The minimum atomic E-state index is -3.69. The Morgan fingerprint density at radius 2 is 1.67 bits per heavy atom. The normalized spacial score (nSPS) is 14.9. The van der Waals surface area contributed by atoms with Gasteiger partial charge in [0.05, 0.1) is 10.5 Å². The number of ketones is 1. The van der Waals surface area contributed by atoms with E-state index >= 15 is 0 Å². The summed E-state index contributed by atoms with van der Waals surface area (Å²) < 4.78 is 26.7. The van der Waals surface area contributed by atoms with Gasteiger partial charge < -0.3 is 10.4 Å². The summed E-state index contributed by atoms with van der Waals surface area (Å²) in [4.78, 5) is 23.8. The van der Waals surface area contributed by atoms with E-state index in [2.05, 4.69) is 5.32 Å². The summed E-state index contributed by atoms with van der Waals surface area (Å²) in [7, 11) is -3.69. The lowest BCUT2D eigenvalue weighted by atomic mass is 10.1. The number of hydrogen-bond donors (Lipinski definition) is 2. The Balaban J connectivity index is 1.85. The number of nitrogens with one attached hydrogen (secondary N) is 1. The van der Waals surface area contributed by atoms with Crippen molar-refractivity contribution in [1.82, 2.24) is 4.31 Å². The Morgan fingerprint density at radius 1 is 1.04 bits per heavy atom. The molecule has 2 aromatic carbocycles. The minimum Gasteiger partial charge on any atom is -0.507 e. The SMILES string of the molecule is CC(=O)c1ccc(NC(=O)c2cc(S(=O)(=O)N3CCCC3)ccc2O)cc1. The molecule has 0 saturated carbocycles. The maximum Gasteiger partial charge on any atom is 0.259 e. The van der Waals surface area contributed by atoms with Gasteiger partial charge in [-0.05, 0) is 62.2 Å². The number of carbonyl (C=O) groups excluding carboxylic acids is 2. The number of nitrogens with zero attached hydrogens (tertiary/aromatic N) is 1. The van der Waals surface area contributed by atoms with E-state index in [-0.39, 0.29) is 22.0 Å². The average molecular weight is 388 g/mol. The number of phenols is 1. The number of phenolic OH excluding ortho intramolecular Hbond substituents is 1. The fourth-order valence-electron chi connectivity index (χ4n) is 2.92. The van der Waals surface area contributed by atoms with E-state index in [9.17, 15) is 23.1 Å². The van der Waals surface area contributed by atoms with Crippen LogP contribution < -0.4 is 5.32 Å². The van der Waals surface area contributed by atoms with Crippen molar-refractivity contribution in [2.75, 3.05) is 18.4 Å². The Hall–Kier alpha value is -2.71. The molecule has 0 radical (unpaired) electrons. The molecule has 1 saturated heterocycles. The molecule has 3 rings (SSSR count). The second-order valence-electron chi connectivity index (χ2n) is 6.38. The van der Waals surface area contributed by atoms with Crippen LogP contribution in [-0.4, -0.2) is 42.6 Å². The second-order valence-corrected chi connectivity index (χ2v) is 8.32. The molecule has 1 fully saturated rings. The number of sulfonamides is 1. The van der Waals surface area contributed by atoms with Gasteiger partial charge in [0.2, 0.25) is 10.0 Å². The number of Topliss-reactive ketones (excluding diaryl/α,β-unsaturated/α-hetero) is 1. The van der Waals surface area contributed by atoms with Crippen LogP contribution in [0.4, 0.5) is 5.69 Å². The quantitative estimate of drug-likeness (QED) is 0.767. The monoisotopic (exact) mass is 388 g/mol. The zero-order chi connectivity index (χ0) is 19.6. The summed E-state index contributed by atoms with van der Waals surface area (Å²) in [5.74, 6) is -1.04. The van der Waals surface area contributed by atoms with Gasteiger partial charge in [0.1, 0.15) is 5.75 Å². The molecule has 1 amide bonds. The number of rotatable bonds is 5. The first kappa shape index (κ1) is 19.1. The van der Waals surface area contributed by atoms with Crippen molar-refractivity contribution in [1.29, 1.82) is 0 Å². The van der Waals surface area contributed by atoms with Crippen molar-refractivity contribution >= 4 is 27.4 Å². The lowest BCUT2D eigenvalue weighted by Gasteiger charge is -2.16. The molecule has 0 unspecified atom stereocenters. The van der Waals surface area contributed by atoms with E-state index < -0.39 is 15.9 Å². The summed E-state index contributed by atoms with van der Waals surface area (Å²) >= 11 is 0. The Kier molecular flexibility index (Phi) is 5.29. The van der Waals surface area contributed by atoms with Crippen LogP contribution in [0.5, 0.6) is 5.75 Å². The predicted molar refractivity (Wildman–Crippen MR) is 100 cm³/mol. The third-order valence-electron chi connectivity index (χ3n) is 4.46. The van der Waals surface area contributed by atoms with Gasteiger partial charge >= 0.3 is 0 Å². The summed E-state index contributed by atoms with van der Waals surface area (Å²) in [6.07, 6.45) is 1.61. The number of amides is 1. The summed E-state index contributed by atoms with van der Waals surface area (Å²) in [6.45, 7) is 2.35. The number of aromatic hydroxyl groups is 1. The van der Waals surface area contributed by atoms with Crippen LogP contribution in [-0.2, 0) is 10.0 Å². The molecule has 1 aliphatic rings. The third-order valence-corrected chi connectivity index (χ3v) is 6.36. The number of benzene rings is 2. The smallest absolute Gasteiger partial charge is 0.259 e. The highest BCUT2D eigenvalue weighted by Gasteiger charge is 2.28. The van der Waals surface area contributed by atoms with E-state index in [1.807, 2.05) is 0 Å². The van der Waals surface area contributed by atoms with Crippen molar-refractivity contribution in [3.63, 3.8) is 0 Å². The van der Waals surface area contributed by atoms with E-state index in [1.54, 1.807) is 24.3 Å². The first-order chi connectivity index (χ1) is 12.8. The molecule has 0 aromatic heterocycles. The van der Waals surface area contributed by atoms with E-state index in [1.165, 1.54) is 29.4 Å². The highest BCUT2D eigenvalue weighted by molar-refractivity contribution is 7.89. The second kappa shape index (κ2) is 7.50. The number of carbonyl (C=O) groups is 2. The number of anilines is 1. The Bertz CT molecular complexity index is 978. The van der Waals surface area contributed by atoms with Gasteiger partial charge in [0.15, 0.2) is 5.78 Å². The maximum atomic E-state index is 12.7. The highest BCUT2D eigenvalue weighted by Crippen LogP contribution is 2.26. The van der Waals surface area contributed by atoms with Crippen molar-refractivity contribution in [3.05, 3.63) is 53.6 Å². The highest BCUT2D eigenvalue weighted by atomic mass is 32.2. The van der Waals surface area contributed by atoms with Gasteiger partial charge in [0, 0.05) is 24.3 Å². The van der Waals surface area contributed by atoms with Gasteiger partial charge in [-0.3, -0.25) is 9.59 Å². The molecule has 2 aromatic rings. The molecule has 0 aliphatic carbocycles. The van der Waals surface area contributed by atoms with E-state index in [0.29, 0.717) is 24.3 Å². The van der Waals surface area contributed by atoms with Gasteiger partial charge in [0.25, 0.3) is 5.91 Å². The van der Waals surface area contributed by atoms with Crippen LogP contribution in [0.1, 0.15) is 40.5 Å². The van der Waals surface area contributed by atoms with Crippen LogP contribution >= 0.6 is 0 Å². The van der Waals surface area contributed by atoms with Crippen LogP contribution in [0.25, 0.3) is 0 Å². The van der Waals surface area contributed by atoms with Crippen molar-refractivity contribution in [2.45, 2.75) is 24.7 Å². The Morgan fingerprint density at radius 3 is 2.26 bits per heavy atom. The first-order valence-electron chi connectivity index (χ1n) is 8.54. The van der Waals surface area contributed by atoms with Crippen LogP contribution in [0, 0.1) is 0 Å². The molecule has 0 spiro atoms. The fourth-order valence-corrected chi connectivity index (χ4v) is 4.47. The average Bonchev–Trinajstić information content (AvgIpc) is 3.18. The Labute approximate surface area is 157 Å². The van der Waals surface area contributed by atoms with Crippen LogP contribution in [0.2, 0.25) is 0 Å². The summed E-state index contributed by atoms with van der Waals surface area (Å²) in [5, 5.41) is 12.6. The van der Waals surface area contributed by atoms with E-state index in [0.717, 1.165) is 12.8 Å². The van der Waals surface area contributed by atoms with Crippen molar-refractivity contribution < 1.29 is 23.1 Å². The standard InChI is InChI=1S/C19H20N2O5S/c1-13(22)14-4-6-15(7-5-14)20-19(24)17-12-16(8-9-18(17)23)27(25,26)21-10-2-3-11-21/h4-9,12,23H,2-3,10-11H2,1H3,(H,20,24). The molecule has 27 heavy (non-hydrogen) atoms. The summed E-state index contributed by atoms with van der Waals surface area (Å²) in [6, 6.07) is 9.96. The van der Waals surface area contributed by atoms with Gasteiger partial charge in [-0.2, -0.15) is 4.31 Å². The van der Waals surface area contributed by atoms with Crippen molar-refractivity contribution in [3.8, 4) is 5.75 Å². The predicted octanol–water partition coefficient (Wildman–Crippen LogP) is 2.63. The largest absolute Gasteiger partial charge is 0.507 e. The van der Waals surface area contributed by atoms with Gasteiger partial charge in [-0.15, -0.1) is 0 Å². The molecule has 0 bridgehead atoms. The van der Waals surface area contributed by atoms with Crippen LogP contribution in [0.15, 0.2) is 47.4 Å². The molecular weight excluding hydrogens is 368 g/mol. The molecule has 1 heterocycles. The number of hydrogen-bond acceptors (Lipinski definition) is 5. The summed E-state index contributed by atoms with van der Waals surface area (Å²) in [5.41, 5.74) is 0.803. The zero-order valence-electron chi connectivity index (χ0n) is 14.8. The molecule has 142 valence electrons. The lowest BCUT2D eigenvalue weighted by Crippen LogP contribution is -2.28. The molecular formula is C19H20N2O5S. The third kappa shape index (κ3) is 4.01. The minimum absolute atomic E-state index is 0.0284. The molecule has 7 nitrogen and oxygen atoms in total. The lowest BCUT2D eigenvalue weighted by molar-refractivity contribution is 0.101. The zero-order valence-corrected chi connectivity index (χ0v) is 15.6. The molecule has 2 N–H and O–H groups in total. The van der Waals surface area contributed by atoms with Crippen LogP contribution in [0.3, 0.4) is 0 Å². The maximum absolute atomic E-state index is 12.7. The van der Waals surface area contributed by atoms with E-state index in [4.69, 9.17) is 0 Å². The molecule has 0 atom stereocenters. The first-order valence-corrected chi connectivity index (χ1v) is 9.98. The molecule has 8 heteroatoms. The van der Waals surface area contributed by atoms with Crippen molar-refractivity contribution in [2.24, 2.45) is 0 Å². The van der Waals surface area contributed by atoms with Gasteiger partial charge in [-0.1, -0.05) is 0 Å². The van der Waals surface area contributed by atoms with Gasteiger partial charge in [-0.25, -0.2) is 8.42 Å². The topological polar surface area (TPSA) is 104 Å².